The monoisotopic (exact) mass is 189 g/mol. The van der Waals surface area contributed by atoms with E-state index in [-0.39, 0.29) is 0 Å². The zero-order valence-electron chi connectivity index (χ0n) is 7.08. The molecule has 1 rings (SSSR count). The molecule has 1 aliphatic rings. The molecule has 0 radical (unpaired) electrons. The first kappa shape index (κ1) is 9.70. The van der Waals surface area contributed by atoms with Crippen molar-refractivity contribution in [3.8, 4) is 0 Å². The van der Waals surface area contributed by atoms with E-state index in [1.807, 2.05) is 0 Å². The first-order chi connectivity index (χ1) is 5.79. The molecule has 0 saturated carbocycles. The Kier molecular flexibility index (Phi) is 4.27. The van der Waals surface area contributed by atoms with Gasteiger partial charge in [-0.25, -0.2) is 0 Å². The van der Waals surface area contributed by atoms with Crippen LogP contribution in [0.2, 0.25) is 0 Å². The van der Waals surface area contributed by atoms with Crippen LogP contribution < -0.4 is 11.1 Å². The SMILES string of the molecule is NC(=S)NCCN1CCOCC1. The highest BCUT2D eigenvalue weighted by atomic mass is 32.1. The molecule has 70 valence electrons. The molecule has 3 N–H and O–H groups in total. The second-order valence-corrected chi connectivity index (χ2v) is 3.18. The van der Waals surface area contributed by atoms with E-state index in [1.54, 1.807) is 0 Å². The molecular weight excluding hydrogens is 174 g/mol. The minimum Gasteiger partial charge on any atom is -0.379 e. The predicted octanol–water partition coefficient (Wildman–Crippen LogP) is -0.848. The molecule has 0 bridgehead atoms. The van der Waals surface area contributed by atoms with Crippen molar-refractivity contribution in [1.29, 1.82) is 0 Å². The number of ether oxygens (including phenoxy) is 1. The highest BCUT2D eigenvalue weighted by Gasteiger charge is 2.08. The standard InChI is InChI=1S/C7H15N3OS/c8-7(12)9-1-2-10-3-5-11-6-4-10/h1-6H2,(H3,8,9,12). The Morgan fingerprint density at radius 2 is 2.17 bits per heavy atom. The van der Waals surface area contributed by atoms with Crippen molar-refractivity contribution >= 4 is 17.3 Å². The molecule has 0 aromatic heterocycles. The lowest BCUT2D eigenvalue weighted by atomic mass is 10.4. The first-order valence-corrected chi connectivity index (χ1v) is 4.53. The van der Waals surface area contributed by atoms with Crippen LogP contribution >= 0.6 is 12.2 Å². The second-order valence-electron chi connectivity index (χ2n) is 2.75. The molecule has 1 saturated heterocycles. The van der Waals surface area contributed by atoms with Gasteiger partial charge in [0.15, 0.2) is 5.11 Å². The Hall–Kier alpha value is -0.390. The summed E-state index contributed by atoms with van der Waals surface area (Å²) in [6.45, 7) is 5.52. The summed E-state index contributed by atoms with van der Waals surface area (Å²) < 4.78 is 5.21. The normalized spacial score (nSPS) is 19.0. The van der Waals surface area contributed by atoms with Gasteiger partial charge in [-0.1, -0.05) is 0 Å². The Morgan fingerprint density at radius 3 is 2.75 bits per heavy atom. The smallest absolute Gasteiger partial charge is 0.163 e. The summed E-state index contributed by atoms with van der Waals surface area (Å²) in [4.78, 5) is 2.33. The van der Waals surface area contributed by atoms with Gasteiger partial charge in [-0.3, -0.25) is 4.90 Å². The van der Waals surface area contributed by atoms with Gasteiger partial charge < -0.3 is 15.8 Å². The zero-order chi connectivity index (χ0) is 8.81. The van der Waals surface area contributed by atoms with Gasteiger partial charge in [0.1, 0.15) is 0 Å². The summed E-state index contributed by atoms with van der Waals surface area (Å²) in [5.41, 5.74) is 5.29. The third-order valence-electron chi connectivity index (χ3n) is 1.83. The first-order valence-electron chi connectivity index (χ1n) is 4.12. The van der Waals surface area contributed by atoms with Gasteiger partial charge in [0.05, 0.1) is 13.2 Å². The van der Waals surface area contributed by atoms with E-state index in [1.165, 1.54) is 0 Å². The van der Waals surface area contributed by atoms with Crippen LogP contribution in [-0.2, 0) is 4.74 Å². The van der Waals surface area contributed by atoms with E-state index in [9.17, 15) is 0 Å². The van der Waals surface area contributed by atoms with Gasteiger partial charge in [-0.2, -0.15) is 0 Å². The molecule has 0 aromatic rings. The highest BCUT2D eigenvalue weighted by molar-refractivity contribution is 7.80. The molecule has 0 unspecified atom stereocenters. The van der Waals surface area contributed by atoms with Gasteiger partial charge in [-0.05, 0) is 12.2 Å². The maximum atomic E-state index is 5.29. The number of hydrogen-bond acceptors (Lipinski definition) is 3. The number of thiocarbonyl (C=S) groups is 1. The van der Waals surface area contributed by atoms with Crippen molar-refractivity contribution < 1.29 is 4.74 Å². The molecule has 0 atom stereocenters. The molecule has 0 amide bonds. The van der Waals surface area contributed by atoms with Crippen molar-refractivity contribution in [2.75, 3.05) is 39.4 Å². The van der Waals surface area contributed by atoms with E-state index in [4.69, 9.17) is 10.5 Å². The average Bonchev–Trinajstić information content (AvgIpc) is 2.05. The Morgan fingerprint density at radius 1 is 1.50 bits per heavy atom. The maximum absolute atomic E-state index is 5.29. The number of rotatable bonds is 3. The van der Waals surface area contributed by atoms with E-state index in [2.05, 4.69) is 22.4 Å². The van der Waals surface area contributed by atoms with Crippen molar-refractivity contribution in [3.05, 3.63) is 0 Å². The van der Waals surface area contributed by atoms with Crippen molar-refractivity contribution in [3.63, 3.8) is 0 Å². The summed E-state index contributed by atoms with van der Waals surface area (Å²) >= 11 is 4.69. The van der Waals surface area contributed by atoms with E-state index >= 15 is 0 Å². The van der Waals surface area contributed by atoms with Crippen molar-refractivity contribution in [2.45, 2.75) is 0 Å². The molecule has 12 heavy (non-hydrogen) atoms. The lowest BCUT2D eigenvalue weighted by Crippen LogP contribution is -2.42. The zero-order valence-corrected chi connectivity index (χ0v) is 7.90. The molecular formula is C7H15N3OS. The molecule has 1 aliphatic heterocycles. The molecule has 5 heteroatoms. The van der Waals surface area contributed by atoms with Crippen LogP contribution in [0.25, 0.3) is 0 Å². The van der Waals surface area contributed by atoms with Gasteiger partial charge in [0, 0.05) is 26.2 Å². The molecule has 0 aliphatic carbocycles. The fraction of sp³-hybridized carbons (Fsp3) is 0.857. The van der Waals surface area contributed by atoms with E-state index < -0.39 is 0 Å². The molecule has 0 aromatic carbocycles. The molecule has 1 heterocycles. The Balaban J connectivity index is 2.01. The van der Waals surface area contributed by atoms with Crippen LogP contribution in [0, 0.1) is 0 Å². The second kappa shape index (κ2) is 5.29. The fourth-order valence-electron chi connectivity index (χ4n) is 1.16. The molecule has 4 nitrogen and oxygen atoms in total. The van der Waals surface area contributed by atoms with Crippen LogP contribution in [0.1, 0.15) is 0 Å². The minimum absolute atomic E-state index is 0.378. The van der Waals surface area contributed by atoms with Crippen molar-refractivity contribution in [2.24, 2.45) is 5.73 Å². The highest BCUT2D eigenvalue weighted by Crippen LogP contribution is 1.94. The summed E-state index contributed by atoms with van der Waals surface area (Å²) in [6.07, 6.45) is 0. The summed E-state index contributed by atoms with van der Waals surface area (Å²) in [6, 6.07) is 0. The van der Waals surface area contributed by atoms with Crippen LogP contribution in [0.4, 0.5) is 0 Å². The van der Waals surface area contributed by atoms with Gasteiger partial charge in [0.2, 0.25) is 0 Å². The van der Waals surface area contributed by atoms with E-state index in [0.717, 1.165) is 39.4 Å². The van der Waals surface area contributed by atoms with Crippen molar-refractivity contribution in [1.82, 2.24) is 10.2 Å². The molecule has 1 fully saturated rings. The number of nitrogens with zero attached hydrogens (tertiary/aromatic N) is 1. The lowest BCUT2D eigenvalue weighted by molar-refractivity contribution is 0.0389. The number of nitrogens with two attached hydrogens (primary N) is 1. The Bertz CT molecular complexity index is 148. The Labute approximate surface area is 78.0 Å². The summed E-state index contributed by atoms with van der Waals surface area (Å²) in [5.74, 6) is 0. The van der Waals surface area contributed by atoms with Crippen LogP contribution in [0.5, 0.6) is 0 Å². The average molecular weight is 189 g/mol. The van der Waals surface area contributed by atoms with Gasteiger partial charge >= 0.3 is 0 Å². The predicted molar refractivity (Wildman–Crippen MR) is 52.0 cm³/mol. The lowest BCUT2D eigenvalue weighted by Gasteiger charge is -2.26. The maximum Gasteiger partial charge on any atom is 0.163 e. The number of morpholine rings is 1. The third kappa shape index (κ3) is 3.85. The van der Waals surface area contributed by atoms with Crippen LogP contribution in [0.15, 0.2) is 0 Å². The van der Waals surface area contributed by atoms with Gasteiger partial charge in [-0.15, -0.1) is 0 Å². The van der Waals surface area contributed by atoms with Crippen LogP contribution in [0.3, 0.4) is 0 Å². The topological polar surface area (TPSA) is 50.5 Å². The fourth-order valence-corrected chi connectivity index (χ4v) is 1.26. The summed E-state index contributed by atoms with van der Waals surface area (Å²) in [5, 5.41) is 3.30. The van der Waals surface area contributed by atoms with E-state index in [0.29, 0.717) is 5.11 Å². The third-order valence-corrected chi connectivity index (χ3v) is 1.98. The van der Waals surface area contributed by atoms with Gasteiger partial charge in [0.25, 0.3) is 0 Å². The quantitative estimate of drug-likeness (QED) is 0.567. The molecule has 0 spiro atoms. The summed E-state index contributed by atoms with van der Waals surface area (Å²) in [7, 11) is 0. The number of hydrogen-bond donors (Lipinski definition) is 2. The largest absolute Gasteiger partial charge is 0.379 e. The minimum atomic E-state index is 0.378. The number of nitrogens with one attached hydrogen (secondary N) is 1. The van der Waals surface area contributed by atoms with Crippen LogP contribution in [-0.4, -0.2) is 49.4 Å².